The summed E-state index contributed by atoms with van der Waals surface area (Å²) in [7, 11) is 4.20. The Kier molecular flexibility index (Phi) is 3.66. The van der Waals surface area contributed by atoms with Gasteiger partial charge in [-0.05, 0) is 38.6 Å². The summed E-state index contributed by atoms with van der Waals surface area (Å²) in [6, 6.07) is 8.64. The molecule has 0 aromatic heterocycles. The van der Waals surface area contributed by atoms with Gasteiger partial charge in [0, 0.05) is 31.2 Å². The van der Waals surface area contributed by atoms with Crippen LogP contribution in [0.15, 0.2) is 24.3 Å². The number of nitrogens with zero attached hydrogens (tertiary/aromatic N) is 2. The van der Waals surface area contributed by atoms with E-state index in [0.717, 1.165) is 31.6 Å². The normalized spacial score (nSPS) is 25.4. The Balaban J connectivity index is 1.66. The van der Waals surface area contributed by atoms with Crippen LogP contribution in [0.25, 0.3) is 0 Å². The molecule has 1 aromatic rings. The highest BCUT2D eigenvalue weighted by Gasteiger charge is 2.32. The first-order valence-electron chi connectivity index (χ1n) is 7.45. The molecule has 1 unspecified atom stereocenters. The van der Waals surface area contributed by atoms with Crippen molar-refractivity contribution in [2.45, 2.75) is 31.3 Å². The van der Waals surface area contributed by atoms with E-state index >= 15 is 0 Å². The van der Waals surface area contributed by atoms with Crippen LogP contribution in [0.5, 0.6) is 0 Å². The zero-order valence-electron chi connectivity index (χ0n) is 12.3. The van der Waals surface area contributed by atoms with Crippen LogP contribution in [0, 0.1) is 0 Å². The lowest BCUT2D eigenvalue weighted by atomic mass is 10.0. The van der Waals surface area contributed by atoms with Gasteiger partial charge < -0.3 is 15.1 Å². The number of carbonyl (C=O) groups excluding carboxylic acids is 1. The molecule has 1 N–H and O–H groups in total. The molecule has 108 valence electrons. The third kappa shape index (κ3) is 2.52. The number of likely N-dealkylation sites (N-methyl/N-ethyl adjacent to an activating group) is 1. The second kappa shape index (κ2) is 5.44. The van der Waals surface area contributed by atoms with E-state index in [-0.39, 0.29) is 11.9 Å². The number of benzene rings is 1. The highest BCUT2D eigenvalue weighted by atomic mass is 16.2. The zero-order valence-corrected chi connectivity index (χ0v) is 12.3. The fourth-order valence-corrected chi connectivity index (χ4v) is 3.24. The number of anilines is 1. The quantitative estimate of drug-likeness (QED) is 0.888. The van der Waals surface area contributed by atoms with Crippen molar-refractivity contribution < 1.29 is 4.79 Å². The van der Waals surface area contributed by atoms with Gasteiger partial charge >= 0.3 is 0 Å². The van der Waals surface area contributed by atoms with Crippen LogP contribution in [-0.4, -0.2) is 55.0 Å². The lowest BCUT2D eigenvalue weighted by molar-refractivity contribution is -0.133. The molecule has 2 aliphatic rings. The standard InChI is InChI=1S/C16H23N3O/c1-18(2)13-7-5-9-19(11-13)16(20)15-10-12-6-3-4-8-14(12)17-15/h3-4,6,8,13,15,17H,5,7,9-11H2,1-2H3/t13?,15-/m0/s1. The Labute approximate surface area is 120 Å². The molecule has 4 heteroatoms. The van der Waals surface area contributed by atoms with Crippen LogP contribution in [-0.2, 0) is 11.2 Å². The SMILES string of the molecule is CN(C)C1CCCN(C(=O)[C@@H]2Cc3ccccc3N2)C1. The van der Waals surface area contributed by atoms with Crippen molar-refractivity contribution in [1.29, 1.82) is 0 Å². The molecular formula is C16H23N3O. The largest absolute Gasteiger partial charge is 0.373 e. The second-order valence-electron chi connectivity index (χ2n) is 6.10. The third-order valence-corrected chi connectivity index (χ3v) is 4.51. The molecule has 1 aromatic carbocycles. The number of amides is 1. The van der Waals surface area contributed by atoms with E-state index in [4.69, 9.17) is 0 Å². The molecule has 20 heavy (non-hydrogen) atoms. The van der Waals surface area contributed by atoms with E-state index in [0.29, 0.717) is 6.04 Å². The molecule has 3 rings (SSSR count). The van der Waals surface area contributed by atoms with Gasteiger partial charge in [0.1, 0.15) is 6.04 Å². The van der Waals surface area contributed by atoms with Gasteiger partial charge in [0.2, 0.25) is 5.91 Å². The van der Waals surface area contributed by atoms with Gasteiger partial charge in [0.05, 0.1) is 0 Å². The minimum Gasteiger partial charge on any atom is -0.373 e. The van der Waals surface area contributed by atoms with Crippen molar-refractivity contribution >= 4 is 11.6 Å². The molecule has 0 radical (unpaired) electrons. The molecule has 1 amide bonds. The summed E-state index contributed by atoms with van der Waals surface area (Å²) in [5.74, 6) is 0.257. The van der Waals surface area contributed by atoms with Crippen molar-refractivity contribution in [2.75, 3.05) is 32.5 Å². The van der Waals surface area contributed by atoms with E-state index < -0.39 is 0 Å². The monoisotopic (exact) mass is 273 g/mol. The first-order valence-corrected chi connectivity index (χ1v) is 7.45. The number of rotatable bonds is 2. The summed E-state index contributed by atoms with van der Waals surface area (Å²) in [6.07, 6.45) is 3.11. The van der Waals surface area contributed by atoms with Crippen LogP contribution in [0.1, 0.15) is 18.4 Å². The maximum atomic E-state index is 12.7. The summed E-state index contributed by atoms with van der Waals surface area (Å²) < 4.78 is 0. The number of nitrogens with one attached hydrogen (secondary N) is 1. The number of hydrogen-bond acceptors (Lipinski definition) is 3. The van der Waals surface area contributed by atoms with E-state index in [1.165, 1.54) is 12.0 Å². The Morgan fingerprint density at radius 1 is 1.35 bits per heavy atom. The highest BCUT2D eigenvalue weighted by Crippen LogP contribution is 2.27. The van der Waals surface area contributed by atoms with Crippen LogP contribution in [0.3, 0.4) is 0 Å². The third-order valence-electron chi connectivity index (χ3n) is 4.51. The summed E-state index contributed by atoms with van der Waals surface area (Å²) in [5, 5.41) is 3.37. The summed E-state index contributed by atoms with van der Waals surface area (Å²) in [6.45, 7) is 1.76. The molecule has 2 atom stereocenters. The lowest BCUT2D eigenvalue weighted by Gasteiger charge is -2.37. The second-order valence-corrected chi connectivity index (χ2v) is 6.10. The Morgan fingerprint density at radius 3 is 2.90 bits per heavy atom. The number of piperidine rings is 1. The van der Waals surface area contributed by atoms with Crippen LogP contribution in [0.4, 0.5) is 5.69 Å². The maximum Gasteiger partial charge on any atom is 0.245 e. The molecule has 0 aliphatic carbocycles. The first-order chi connectivity index (χ1) is 9.65. The Hall–Kier alpha value is -1.55. The van der Waals surface area contributed by atoms with Gasteiger partial charge in [-0.25, -0.2) is 0 Å². The van der Waals surface area contributed by atoms with Crippen molar-refractivity contribution in [3.63, 3.8) is 0 Å². The molecule has 0 spiro atoms. The van der Waals surface area contributed by atoms with Gasteiger partial charge in [-0.2, -0.15) is 0 Å². The number of likely N-dealkylation sites (tertiary alicyclic amines) is 1. The van der Waals surface area contributed by atoms with Gasteiger partial charge in [-0.3, -0.25) is 4.79 Å². The zero-order chi connectivity index (χ0) is 14.1. The van der Waals surface area contributed by atoms with Crippen molar-refractivity contribution in [3.05, 3.63) is 29.8 Å². The molecular weight excluding hydrogens is 250 g/mol. The molecule has 1 fully saturated rings. The fourth-order valence-electron chi connectivity index (χ4n) is 3.24. The first kappa shape index (κ1) is 13.4. The van der Waals surface area contributed by atoms with Gasteiger partial charge in [0.25, 0.3) is 0 Å². The molecule has 4 nitrogen and oxygen atoms in total. The van der Waals surface area contributed by atoms with Crippen molar-refractivity contribution in [3.8, 4) is 0 Å². The van der Waals surface area contributed by atoms with E-state index in [2.05, 4.69) is 36.4 Å². The van der Waals surface area contributed by atoms with Crippen molar-refractivity contribution in [1.82, 2.24) is 9.80 Å². The number of fused-ring (bicyclic) bond motifs is 1. The number of para-hydroxylation sites is 1. The van der Waals surface area contributed by atoms with Crippen LogP contribution in [0.2, 0.25) is 0 Å². The lowest BCUT2D eigenvalue weighted by Crippen LogP contribution is -2.51. The highest BCUT2D eigenvalue weighted by molar-refractivity contribution is 5.87. The predicted molar refractivity (Wildman–Crippen MR) is 80.8 cm³/mol. The van der Waals surface area contributed by atoms with Gasteiger partial charge in [0.15, 0.2) is 0 Å². The molecule has 1 saturated heterocycles. The van der Waals surface area contributed by atoms with Gasteiger partial charge in [-0.15, -0.1) is 0 Å². The number of hydrogen-bond donors (Lipinski definition) is 1. The predicted octanol–water partition coefficient (Wildman–Crippen LogP) is 1.58. The Bertz CT molecular complexity index is 475. The summed E-state index contributed by atoms with van der Waals surface area (Å²) in [5.41, 5.74) is 2.37. The van der Waals surface area contributed by atoms with E-state index in [9.17, 15) is 4.79 Å². The Morgan fingerprint density at radius 2 is 2.15 bits per heavy atom. The summed E-state index contributed by atoms with van der Waals surface area (Å²) in [4.78, 5) is 17.0. The molecule has 2 aliphatic heterocycles. The average Bonchev–Trinajstić information content (AvgIpc) is 2.90. The van der Waals surface area contributed by atoms with E-state index in [1.807, 2.05) is 17.0 Å². The van der Waals surface area contributed by atoms with Crippen molar-refractivity contribution in [2.24, 2.45) is 0 Å². The fraction of sp³-hybridized carbons (Fsp3) is 0.562. The molecule has 2 heterocycles. The maximum absolute atomic E-state index is 12.7. The number of carbonyl (C=O) groups is 1. The minimum atomic E-state index is -0.0756. The average molecular weight is 273 g/mol. The minimum absolute atomic E-state index is 0.0756. The van der Waals surface area contributed by atoms with Crippen LogP contribution < -0.4 is 5.32 Å². The molecule has 0 saturated carbocycles. The molecule has 0 bridgehead atoms. The van der Waals surface area contributed by atoms with Crippen LogP contribution >= 0.6 is 0 Å². The van der Waals surface area contributed by atoms with Gasteiger partial charge in [-0.1, -0.05) is 18.2 Å². The smallest absolute Gasteiger partial charge is 0.245 e. The summed E-state index contributed by atoms with van der Waals surface area (Å²) >= 11 is 0. The topological polar surface area (TPSA) is 35.6 Å². The van der Waals surface area contributed by atoms with E-state index in [1.54, 1.807) is 0 Å².